The molecule has 0 radical (unpaired) electrons. The Balaban J connectivity index is 1.34. The molecule has 1 aliphatic rings. The summed E-state index contributed by atoms with van der Waals surface area (Å²) in [5.74, 6) is 0. The van der Waals surface area contributed by atoms with Crippen molar-refractivity contribution in [1.82, 2.24) is 0 Å². The van der Waals surface area contributed by atoms with E-state index in [1.807, 2.05) is 0 Å². The maximum Gasteiger partial charge on any atom is 0.0543 e. The van der Waals surface area contributed by atoms with Gasteiger partial charge in [0.05, 0.1) is 17.1 Å². The van der Waals surface area contributed by atoms with Gasteiger partial charge in [-0.05, 0) is 75.5 Å². The van der Waals surface area contributed by atoms with Crippen molar-refractivity contribution in [3.63, 3.8) is 0 Å². The number of anilines is 3. The third-order valence-electron chi connectivity index (χ3n) is 10.3. The average molecular weight is 626 g/mol. The topological polar surface area (TPSA) is 3.24 Å². The van der Waals surface area contributed by atoms with Gasteiger partial charge in [-0.2, -0.15) is 0 Å². The Morgan fingerprint density at radius 1 is 0.388 bits per heavy atom. The lowest BCUT2D eigenvalue weighted by atomic mass is 9.74. The van der Waals surface area contributed by atoms with Gasteiger partial charge in [0, 0.05) is 21.9 Å². The van der Waals surface area contributed by atoms with E-state index in [4.69, 9.17) is 0 Å². The third kappa shape index (κ3) is 4.70. The van der Waals surface area contributed by atoms with E-state index in [1.54, 1.807) is 0 Å². The number of para-hydroxylation sites is 1. The van der Waals surface area contributed by atoms with E-state index in [-0.39, 0.29) is 5.41 Å². The van der Waals surface area contributed by atoms with Crippen LogP contribution in [0.4, 0.5) is 17.1 Å². The summed E-state index contributed by atoms with van der Waals surface area (Å²) in [6.45, 7) is 2.39. The van der Waals surface area contributed by atoms with E-state index in [1.165, 1.54) is 66.5 Å². The van der Waals surface area contributed by atoms with Crippen molar-refractivity contribution in [2.45, 2.75) is 12.3 Å². The molecule has 0 amide bonds. The minimum absolute atomic E-state index is 0.294. The Morgan fingerprint density at radius 2 is 0.939 bits per heavy atom. The van der Waals surface area contributed by atoms with Crippen LogP contribution in [0.1, 0.15) is 23.6 Å². The van der Waals surface area contributed by atoms with Crippen LogP contribution in [0.3, 0.4) is 0 Å². The number of rotatable bonds is 6. The first-order valence-corrected chi connectivity index (χ1v) is 17.0. The summed E-state index contributed by atoms with van der Waals surface area (Å²) in [5, 5.41) is 2.43. The van der Waals surface area contributed by atoms with E-state index in [0.717, 1.165) is 11.4 Å². The Hall–Kier alpha value is -6.18. The van der Waals surface area contributed by atoms with E-state index in [0.29, 0.717) is 0 Å². The van der Waals surface area contributed by atoms with E-state index in [2.05, 4.69) is 206 Å². The molecule has 1 heteroatoms. The molecule has 0 aromatic heterocycles. The number of fused-ring (bicyclic) bond motifs is 4. The summed E-state index contributed by atoms with van der Waals surface area (Å²) in [5.41, 5.74) is 14.5. The SMILES string of the molecule is CC1(c2ccccc2)c2ccccc2-c2c(N(c3ccccc3-c3cccc(-c4ccccc4)c3)c3cccc4ccccc34)cccc21. The molecule has 0 saturated carbocycles. The fourth-order valence-corrected chi connectivity index (χ4v) is 7.99. The minimum Gasteiger partial charge on any atom is -0.309 e. The molecule has 232 valence electrons. The van der Waals surface area contributed by atoms with Gasteiger partial charge >= 0.3 is 0 Å². The van der Waals surface area contributed by atoms with Crippen LogP contribution in [0.15, 0.2) is 194 Å². The van der Waals surface area contributed by atoms with Crippen LogP contribution in [0, 0.1) is 0 Å². The van der Waals surface area contributed by atoms with Gasteiger partial charge in [-0.15, -0.1) is 0 Å². The molecule has 0 N–H and O–H groups in total. The van der Waals surface area contributed by atoms with Crippen LogP contribution < -0.4 is 4.90 Å². The maximum atomic E-state index is 2.51. The van der Waals surface area contributed by atoms with E-state index >= 15 is 0 Å². The number of hydrogen-bond donors (Lipinski definition) is 0. The molecule has 8 aromatic carbocycles. The summed E-state index contributed by atoms with van der Waals surface area (Å²) in [6, 6.07) is 70.8. The van der Waals surface area contributed by atoms with Gasteiger partial charge in [-0.1, -0.05) is 170 Å². The lowest BCUT2D eigenvalue weighted by Gasteiger charge is -2.32. The lowest BCUT2D eigenvalue weighted by molar-refractivity contribution is 0.714. The van der Waals surface area contributed by atoms with Crippen molar-refractivity contribution in [2.75, 3.05) is 4.90 Å². The van der Waals surface area contributed by atoms with Crippen LogP contribution in [0.5, 0.6) is 0 Å². The monoisotopic (exact) mass is 625 g/mol. The van der Waals surface area contributed by atoms with Crippen molar-refractivity contribution >= 4 is 27.8 Å². The first kappa shape index (κ1) is 29.0. The maximum absolute atomic E-state index is 2.51. The molecule has 1 aliphatic carbocycles. The zero-order valence-electron chi connectivity index (χ0n) is 27.4. The predicted molar refractivity (Wildman–Crippen MR) is 207 cm³/mol. The van der Waals surface area contributed by atoms with Crippen molar-refractivity contribution in [1.29, 1.82) is 0 Å². The second kappa shape index (κ2) is 11.8. The van der Waals surface area contributed by atoms with Crippen LogP contribution >= 0.6 is 0 Å². The molecule has 8 aromatic rings. The fraction of sp³-hybridized carbons (Fsp3) is 0.0417. The van der Waals surface area contributed by atoms with Crippen LogP contribution in [-0.2, 0) is 5.41 Å². The van der Waals surface area contributed by atoms with Gasteiger partial charge in [0.2, 0.25) is 0 Å². The summed E-state index contributed by atoms with van der Waals surface area (Å²) < 4.78 is 0. The zero-order chi connectivity index (χ0) is 32.8. The molecule has 0 bridgehead atoms. The molecule has 0 fully saturated rings. The highest BCUT2D eigenvalue weighted by atomic mass is 15.1. The average Bonchev–Trinajstić information content (AvgIpc) is 3.45. The molecule has 49 heavy (non-hydrogen) atoms. The van der Waals surface area contributed by atoms with Crippen LogP contribution in [-0.4, -0.2) is 0 Å². The Bertz CT molecular complexity index is 2460. The molecule has 0 spiro atoms. The normalized spacial score (nSPS) is 14.7. The highest BCUT2D eigenvalue weighted by molar-refractivity contribution is 6.05. The molecular weight excluding hydrogens is 591 g/mol. The highest BCUT2D eigenvalue weighted by Gasteiger charge is 2.42. The Morgan fingerprint density at radius 3 is 1.80 bits per heavy atom. The fourth-order valence-electron chi connectivity index (χ4n) is 7.99. The van der Waals surface area contributed by atoms with Gasteiger partial charge in [-0.3, -0.25) is 0 Å². The standard InChI is InChI=1S/C48H35N/c1-48(38-23-6-3-7-24-38)42-28-12-10-27-41(42)47-43(48)29-16-32-46(47)49(45-31-15-20-35-19-8-9-25-39(35)45)44-30-13-11-26-40(44)37-22-14-21-36(33-37)34-17-4-2-5-18-34/h2-33H,1H3. The minimum atomic E-state index is -0.294. The van der Waals surface area contributed by atoms with Crippen LogP contribution in [0.2, 0.25) is 0 Å². The Labute approximate surface area is 288 Å². The molecule has 0 heterocycles. The second-order valence-corrected chi connectivity index (χ2v) is 13.0. The summed E-state index contributed by atoms with van der Waals surface area (Å²) >= 11 is 0. The Kier molecular flexibility index (Phi) is 6.99. The quantitative estimate of drug-likeness (QED) is 0.178. The van der Waals surface area contributed by atoms with Crippen molar-refractivity contribution in [3.8, 4) is 33.4 Å². The van der Waals surface area contributed by atoms with Gasteiger partial charge < -0.3 is 4.90 Å². The van der Waals surface area contributed by atoms with Gasteiger partial charge in [-0.25, -0.2) is 0 Å². The smallest absolute Gasteiger partial charge is 0.0543 e. The van der Waals surface area contributed by atoms with E-state index < -0.39 is 0 Å². The predicted octanol–water partition coefficient (Wildman–Crippen LogP) is 13.0. The van der Waals surface area contributed by atoms with Gasteiger partial charge in [0.15, 0.2) is 0 Å². The zero-order valence-corrected chi connectivity index (χ0v) is 27.4. The molecule has 9 rings (SSSR count). The molecule has 1 nitrogen and oxygen atoms in total. The first-order valence-electron chi connectivity index (χ1n) is 17.0. The lowest BCUT2D eigenvalue weighted by Crippen LogP contribution is -2.22. The van der Waals surface area contributed by atoms with Gasteiger partial charge in [0.1, 0.15) is 0 Å². The van der Waals surface area contributed by atoms with E-state index in [9.17, 15) is 0 Å². The summed E-state index contributed by atoms with van der Waals surface area (Å²) in [7, 11) is 0. The highest BCUT2D eigenvalue weighted by Crippen LogP contribution is 2.57. The molecule has 1 unspecified atom stereocenters. The third-order valence-corrected chi connectivity index (χ3v) is 10.3. The molecule has 1 atom stereocenters. The summed E-state index contributed by atoms with van der Waals surface area (Å²) in [6.07, 6.45) is 0. The van der Waals surface area contributed by atoms with Crippen molar-refractivity contribution < 1.29 is 0 Å². The second-order valence-electron chi connectivity index (χ2n) is 13.0. The van der Waals surface area contributed by atoms with Crippen molar-refractivity contribution in [3.05, 3.63) is 211 Å². The number of nitrogens with zero attached hydrogens (tertiary/aromatic N) is 1. The van der Waals surface area contributed by atoms with Crippen molar-refractivity contribution in [2.24, 2.45) is 0 Å². The molecule has 0 saturated heterocycles. The molecule has 0 aliphatic heterocycles. The largest absolute Gasteiger partial charge is 0.309 e. The number of benzene rings is 8. The molecular formula is C48H35N. The van der Waals surface area contributed by atoms with Gasteiger partial charge in [0.25, 0.3) is 0 Å². The van der Waals surface area contributed by atoms with Crippen LogP contribution in [0.25, 0.3) is 44.2 Å². The summed E-state index contributed by atoms with van der Waals surface area (Å²) in [4.78, 5) is 2.51. The number of hydrogen-bond acceptors (Lipinski definition) is 1. The first-order chi connectivity index (χ1) is 24.2.